The maximum absolute atomic E-state index is 11.7. The Kier molecular flexibility index (Phi) is 12.2. The number of aliphatic hydroxyl groups is 1. The second-order valence-electron chi connectivity index (χ2n) is 16.2. The molecule has 0 spiro atoms. The predicted octanol–water partition coefficient (Wildman–Crippen LogP) is 12.6. The van der Waals surface area contributed by atoms with Crippen LogP contribution in [0, 0.1) is 17.9 Å². The van der Waals surface area contributed by atoms with Crippen LogP contribution in [0.5, 0.6) is 0 Å². The summed E-state index contributed by atoms with van der Waals surface area (Å²) in [6, 6.07) is 19.2. The largest absolute Gasteiger partial charge is 0.512 e. The van der Waals surface area contributed by atoms with E-state index in [1.165, 1.54) is 38.2 Å². The third kappa shape index (κ3) is 7.64. The van der Waals surface area contributed by atoms with Gasteiger partial charge in [-0.25, -0.2) is 4.98 Å². The van der Waals surface area contributed by atoms with Crippen LogP contribution >= 0.6 is 11.3 Å². The van der Waals surface area contributed by atoms with Crippen molar-refractivity contribution in [2.45, 2.75) is 125 Å². The Morgan fingerprint density at radius 1 is 0.900 bits per heavy atom. The second-order valence-corrected chi connectivity index (χ2v) is 17.2. The van der Waals surface area contributed by atoms with Crippen molar-refractivity contribution < 1.29 is 30.0 Å². The molecule has 0 bridgehead atoms. The van der Waals surface area contributed by atoms with Crippen molar-refractivity contribution in [3.63, 3.8) is 0 Å². The predicted molar refractivity (Wildman–Crippen MR) is 210 cm³/mol. The van der Waals surface area contributed by atoms with Crippen molar-refractivity contribution in [1.29, 1.82) is 0 Å². The molecule has 0 fully saturated rings. The molecule has 3 aromatic carbocycles. The topological polar surface area (TPSA) is 63.1 Å². The molecule has 2 heterocycles. The van der Waals surface area contributed by atoms with Crippen LogP contribution in [-0.2, 0) is 41.1 Å². The Morgan fingerprint density at radius 2 is 1.54 bits per heavy atom. The van der Waals surface area contributed by atoms with E-state index in [1.54, 1.807) is 6.33 Å². The smallest absolute Gasteiger partial charge is 0.162 e. The number of nitrogens with zero attached hydrogens (tertiary/aromatic N) is 2. The van der Waals surface area contributed by atoms with E-state index in [2.05, 4.69) is 97.0 Å². The Balaban J connectivity index is 0.000000301. The summed E-state index contributed by atoms with van der Waals surface area (Å²) in [5, 5.41) is 13.4. The Morgan fingerprint density at radius 3 is 2.16 bits per heavy atom. The second kappa shape index (κ2) is 15.4. The monoisotopic (exact) mass is 868 g/mol. The number of ketones is 1. The molecule has 6 rings (SSSR count). The molecule has 0 aliphatic heterocycles. The first-order valence-corrected chi connectivity index (χ1v) is 19.0. The van der Waals surface area contributed by atoms with Gasteiger partial charge < -0.3 is 5.11 Å². The van der Waals surface area contributed by atoms with Gasteiger partial charge in [-0.2, -0.15) is 0 Å². The minimum absolute atomic E-state index is 0. The third-order valence-electron chi connectivity index (χ3n) is 10.6. The van der Waals surface area contributed by atoms with Crippen LogP contribution in [0.15, 0.2) is 60.6 Å². The number of allylic oxidation sites excluding steroid dienone is 2. The van der Waals surface area contributed by atoms with Gasteiger partial charge in [-0.15, -0.1) is 40.5 Å². The number of rotatable bonds is 8. The minimum atomic E-state index is 0. The van der Waals surface area contributed by atoms with E-state index in [-0.39, 0.29) is 59.7 Å². The number of carbonyl (C=O) groups excluding carboxylic acids is 1. The Labute approximate surface area is 317 Å². The maximum Gasteiger partial charge on any atom is 0.162 e. The van der Waals surface area contributed by atoms with E-state index >= 15 is 0 Å². The maximum atomic E-state index is 11.7. The number of hydrogen-bond acceptors (Lipinski definition) is 5. The van der Waals surface area contributed by atoms with Crippen molar-refractivity contribution in [2.75, 3.05) is 0 Å². The summed E-state index contributed by atoms with van der Waals surface area (Å²) in [6.07, 6.45) is 7.80. The van der Waals surface area contributed by atoms with Gasteiger partial charge in [0.2, 0.25) is 0 Å². The molecule has 1 aliphatic rings. The summed E-state index contributed by atoms with van der Waals surface area (Å²) in [5.74, 6) is 0.547. The van der Waals surface area contributed by atoms with Gasteiger partial charge in [0.1, 0.15) is 6.33 Å². The zero-order chi connectivity index (χ0) is 35.9. The van der Waals surface area contributed by atoms with Crippen molar-refractivity contribution in [2.24, 2.45) is 11.8 Å². The van der Waals surface area contributed by atoms with Gasteiger partial charge in [-0.1, -0.05) is 117 Å². The minimum Gasteiger partial charge on any atom is -0.512 e. The fourth-order valence-corrected chi connectivity index (χ4v) is 9.60. The fraction of sp³-hybridized carbons (Fsp3) is 0.477. The Hall–Kier alpha value is -2.92. The summed E-state index contributed by atoms with van der Waals surface area (Å²) in [7, 11) is 0. The molecule has 50 heavy (non-hydrogen) atoms. The first-order valence-electron chi connectivity index (χ1n) is 18.2. The van der Waals surface area contributed by atoms with Crippen molar-refractivity contribution in [3.05, 3.63) is 83.4 Å². The molecule has 0 saturated carbocycles. The molecule has 1 aliphatic carbocycles. The SMILES string of the molecule is CC(C)(C)c1cc(-c2ncnc3c2sc2c4c(ccc23)C(C)(C)CC4(C)C)[c-]c2ccccc12.CCC(CC)C(=O)/C=C(\O)C(CC)CC.[Ir]. The molecule has 4 nitrogen and oxygen atoms in total. The van der Waals surface area contributed by atoms with Crippen LogP contribution in [0.3, 0.4) is 0 Å². The molecule has 2 aromatic heterocycles. The third-order valence-corrected chi connectivity index (χ3v) is 11.8. The summed E-state index contributed by atoms with van der Waals surface area (Å²) in [5.41, 5.74) is 7.77. The van der Waals surface area contributed by atoms with Crippen molar-refractivity contribution in [1.82, 2.24) is 9.97 Å². The van der Waals surface area contributed by atoms with E-state index < -0.39 is 0 Å². The number of aromatic nitrogens is 2. The van der Waals surface area contributed by atoms with Gasteiger partial charge in [0.25, 0.3) is 0 Å². The average molecular weight is 868 g/mol. The summed E-state index contributed by atoms with van der Waals surface area (Å²) >= 11 is 1.87. The number of carbonyl (C=O) groups is 1. The molecule has 6 heteroatoms. The quantitative estimate of drug-likeness (QED) is 0.0959. The van der Waals surface area contributed by atoms with Gasteiger partial charge in [0.15, 0.2) is 5.78 Å². The van der Waals surface area contributed by atoms with Crippen LogP contribution in [0.2, 0.25) is 0 Å². The standard InChI is InChI=1S/C31H31N2S.C13H24O2.Ir/c1-29(2,3)23-15-19(14-18-10-8-9-11-20(18)23)25-28-26(33-17-32-25)21-12-13-22-24(27(21)34-28)31(6,7)16-30(22,4)5;1-5-10(6-2)12(14)9-13(15)11(7-3)8-4;/h8-13,15,17H,16H2,1-7H3;9-11,14H,5-8H2,1-4H3;/q-1;;/b;12-9-;. The van der Waals surface area contributed by atoms with Gasteiger partial charge >= 0.3 is 0 Å². The van der Waals surface area contributed by atoms with Gasteiger partial charge in [-0.05, 0) is 59.5 Å². The summed E-state index contributed by atoms with van der Waals surface area (Å²) < 4.78 is 2.54. The number of thiophene rings is 1. The van der Waals surface area contributed by atoms with Gasteiger partial charge in [0.05, 0.1) is 11.3 Å². The molecular formula is C44H55IrN2O2S-. The van der Waals surface area contributed by atoms with Gasteiger partial charge in [-0.3, -0.25) is 9.78 Å². The van der Waals surface area contributed by atoms with Crippen LogP contribution in [0.25, 0.3) is 42.3 Å². The van der Waals surface area contributed by atoms with Crippen LogP contribution < -0.4 is 0 Å². The molecule has 0 atom stereocenters. The number of fused-ring (bicyclic) bond motifs is 6. The number of aliphatic hydroxyl groups excluding tert-OH is 1. The number of benzene rings is 3. The summed E-state index contributed by atoms with van der Waals surface area (Å²) in [4.78, 5) is 21.3. The molecule has 0 saturated heterocycles. The number of hydrogen-bond donors (Lipinski definition) is 1. The van der Waals surface area contributed by atoms with Crippen LogP contribution in [0.4, 0.5) is 0 Å². The zero-order valence-corrected chi connectivity index (χ0v) is 35.1. The van der Waals surface area contributed by atoms with Gasteiger partial charge in [0, 0.05) is 58.5 Å². The van der Waals surface area contributed by atoms with E-state index in [9.17, 15) is 9.90 Å². The molecule has 1 radical (unpaired) electrons. The average Bonchev–Trinajstić information content (AvgIpc) is 3.51. The van der Waals surface area contributed by atoms with Crippen LogP contribution in [-0.4, -0.2) is 20.9 Å². The molecule has 5 aromatic rings. The first-order chi connectivity index (χ1) is 23.1. The van der Waals surface area contributed by atoms with E-state index in [4.69, 9.17) is 9.97 Å². The molecule has 1 N–H and O–H groups in total. The fourth-order valence-electron chi connectivity index (χ4n) is 8.11. The van der Waals surface area contributed by atoms with E-state index in [0.29, 0.717) is 0 Å². The molecule has 269 valence electrons. The molecule has 0 amide bonds. The molecule has 0 unspecified atom stereocenters. The normalized spacial score (nSPS) is 15.3. The first kappa shape index (κ1) is 39.9. The zero-order valence-electron chi connectivity index (χ0n) is 31.9. The van der Waals surface area contributed by atoms with Crippen molar-refractivity contribution in [3.8, 4) is 11.3 Å². The summed E-state index contributed by atoms with van der Waals surface area (Å²) in [6.45, 7) is 24.4. The van der Waals surface area contributed by atoms with E-state index in [1.807, 2.05) is 39.0 Å². The molecular weight excluding hydrogens is 813 g/mol. The van der Waals surface area contributed by atoms with E-state index in [0.717, 1.165) is 59.0 Å². The Bertz CT molecular complexity index is 2020. The van der Waals surface area contributed by atoms with Crippen LogP contribution in [0.1, 0.15) is 125 Å². The van der Waals surface area contributed by atoms with Crippen molar-refractivity contribution >= 4 is 48.2 Å².